The number of carboxylic acids is 1. The topological polar surface area (TPSA) is 113 Å². The van der Waals surface area contributed by atoms with E-state index in [2.05, 4.69) is 0 Å². The molecule has 3 aromatic carbocycles. The van der Waals surface area contributed by atoms with E-state index in [1.54, 1.807) is 54.6 Å². The Kier molecular flexibility index (Phi) is 6.40. The molecule has 0 spiro atoms. The number of aromatic carboxylic acids is 1. The van der Waals surface area contributed by atoms with Crippen molar-refractivity contribution in [2.24, 2.45) is 0 Å². The molecule has 0 aromatic heterocycles. The Morgan fingerprint density at radius 2 is 1.76 bits per heavy atom. The van der Waals surface area contributed by atoms with Crippen molar-refractivity contribution in [3.05, 3.63) is 100 Å². The molecule has 8 heteroatoms. The molecule has 3 aromatic rings. The quantitative estimate of drug-likeness (QED) is 0.295. The van der Waals surface area contributed by atoms with E-state index < -0.39 is 23.7 Å². The van der Waals surface area contributed by atoms with E-state index in [1.165, 1.54) is 24.1 Å². The second-order valence-corrected chi connectivity index (χ2v) is 8.95. The Labute approximate surface area is 213 Å². The lowest BCUT2D eigenvalue weighted by molar-refractivity contribution is -0.140. The van der Waals surface area contributed by atoms with E-state index in [-0.39, 0.29) is 23.4 Å². The molecule has 0 saturated carbocycles. The number of ether oxygens (including phenoxy) is 2. The number of likely N-dealkylation sites (tertiary alicyclic amines) is 1. The monoisotopic (exact) mass is 499 g/mol. The van der Waals surface area contributed by atoms with Crippen LogP contribution in [0.3, 0.4) is 0 Å². The number of rotatable bonds is 6. The highest BCUT2D eigenvalue weighted by molar-refractivity contribution is 6.46. The van der Waals surface area contributed by atoms with Gasteiger partial charge in [-0.2, -0.15) is 0 Å². The van der Waals surface area contributed by atoms with E-state index in [0.29, 0.717) is 29.0 Å². The van der Waals surface area contributed by atoms with Crippen molar-refractivity contribution in [3.8, 4) is 11.5 Å². The summed E-state index contributed by atoms with van der Waals surface area (Å²) in [7, 11) is 1.50. The van der Waals surface area contributed by atoms with Gasteiger partial charge in [-0.15, -0.1) is 0 Å². The summed E-state index contributed by atoms with van der Waals surface area (Å²) in [5.41, 5.74) is 2.62. The number of aryl methyl sites for hydroxylation is 1. The zero-order chi connectivity index (χ0) is 26.1. The van der Waals surface area contributed by atoms with Crippen molar-refractivity contribution >= 4 is 23.4 Å². The summed E-state index contributed by atoms with van der Waals surface area (Å²) in [6, 6.07) is 17.5. The molecule has 1 unspecified atom stereocenters. The molecule has 37 heavy (non-hydrogen) atoms. The number of benzene rings is 3. The van der Waals surface area contributed by atoms with Crippen LogP contribution in [0.25, 0.3) is 5.76 Å². The van der Waals surface area contributed by atoms with Gasteiger partial charge in [0.15, 0.2) is 0 Å². The minimum Gasteiger partial charge on any atom is -0.507 e. The Balaban J connectivity index is 1.62. The maximum Gasteiger partial charge on any atom is 0.335 e. The molecule has 1 atom stereocenters. The first-order valence-corrected chi connectivity index (χ1v) is 11.9. The van der Waals surface area contributed by atoms with E-state index in [4.69, 9.17) is 9.47 Å². The van der Waals surface area contributed by atoms with E-state index >= 15 is 0 Å². The highest BCUT2D eigenvalue weighted by Gasteiger charge is 2.47. The highest BCUT2D eigenvalue weighted by Crippen LogP contribution is 2.43. The fraction of sp³-hybridized carbons (Fsp3) is 0.207. The molecule has 2 N–H and O–H groups in total. The number of aliphatic hydroxyl groups is 1. The van der Waals surface area contributed by atoms with Gasteiger partial charge in [0.05, 0.1) is 30.9 Å². The Morgan fingerprint density at radius 1 is 1.03 bits per heavy atom. The number of fused-ring (bicyclic) bond motifs is 1. The van der Waals surface area contributed by atoms with Gasteiger partial charge in [-0.05, 0) is 60.4 Å². The molecule has 2 aliphatic rings. The maximum absolute atomic E-state index is 13.4. The number of ketones is 1. The normalized spacial score (nSPS) is 18.3. The third-order valence-electron chi connectivity index (χ3n) is 6.71. The first-order chi connectivity index (χ1) is 17.9. The number of nitrogens with zero attached hydrogens (tertiary/aromatic N) is 1. The molecular weight excluding hydrogens is 474 g/mol. The SMILES string of the molecule is COc1ccccc1C1/C(=C(\O)c2ccc3c(c2)CCCO3)C(=O)C(=O)N1Cc1ccc(C(=O)O)cc1. The fourth-order valence-corrected chi connectivity index (χ4v) is 4.87. The molecule has 2 heterocycles. The molecule has 8 nitrogen and oxygen atoms in total. The number of carbonyl (C=O) groups is 3. The summed E-state index contributed by atoms with van der Waals surface area (Å²) < 4.78 is 11.2. The molecule has 0 aliphatic carbocycles. The summed E-state index contributed by atoms with van der Waals surface area (Å²) in [5, 5.41) is 20.6. The van der Waals surface area contributed by atoms with Gasteiger partial charge in [-0.3, -0.25) is 9.59 Å². The second kappa shape index (κ2) is 9.81. The molecule has 5 rings (SSSR count). The first-order valence-electron chi connectivity index (χ1n) is 11.9. The number of hydrogen-bond acceptors (Lipinski definition) is 6. The summed E-state index contributed by atoms with van der Waals surface area (Å²) in [5.74, 6) is -1.69. The van der Waals surface area contributed by atoms with Crippen LogP contribution in [-0.2, 0) is 22.6 Å². The molecule has 1 saturated heterocycles. The predicted molar refractivity (Wildman–Crippen MR) is 135 cm³/mol. The van der Waals surface area contributed by atoms with Crippen molar-refractivity contribution in [2.45, 2.75) is 25.4 Å². The van der Waals surface area contributed by atoms with Crippen molar-refractivity contribution in [1.82, 2.24) is 4.90 Å². The van der Waals surface area contributed by atoms with Gasteiger partial charge in [0, 0.05) is 17.7 Å². The number of Topliss-reactive ketones (excluding diaryl/α,β-unsaturated/α-hetero) is 1. The second-order valence-electron chi connectivity index (χ2n) is 8.95. The van der Waals surface area contributed by atoms with Crippen LogP contribution in [0.5, 0.6) is 11.5 Å². The Morgan fingerprint density at radius 3 is 2.49 bits per heavy atom. The molecule has 188 valence electrons. The lowest BCUT2D eigenvalue weighted by atomic mass is 9.93. The van der Waals surface area contributed by atoms with E-state index in [0.717, 1.165) is 24.2 Å². The van der Waals surface area contributed by atoms with Gasteiger partial charge in [-0.25, -0.2) is 4.79 Å². The smallest absolute Gasteiger partial charge is 0.335 e. The number of methoxy groups -OCH3 is 1. The first kappa shape index (κ1) is 24.1. The van der Waals surface area contributed by atoms with Crippen molar-refractivity contribution in [3.63, 3.8) is 0 Å². The van der Waals surface area contributed by atoms with Crippen LogP contribution in [0.2, 0.25) is 0 Å². The molecular formula is C29H25NO7. The standard InChI is InChI=1S/C29H25NO7/c1-36-23-7-3-2-6-21(23)25-24(26(31)20-12-13-22-19(15-20)5-4-14-37-22)27(32)28(33)30(25)16-17-8-10-18(11-9-17)29(34)35/h2-3,6-13,15,25,31H,4-5,14,16H2,1H3,(H,34,35)/b26-24+. The minimum absolute atomic E-state index is 0.0298. The zero-order valence-electron chi connectivity index (χ0n) is 20.1. The average molecular weight is 500 g/mol. The molecule has 1 fully saturated rings. The summed E-state index contributed by atoms with van der Waals surface area (Å²) in [6.07, 6.45) is 1.64. The van der Waals surface area contributed by atoms with Crippen LogP contribution in [0.4, 0.5) is 0 Å². The lowest BCUT2D eigenvalue weighted by Crippen LogP contribution is -2.29. The zero-order valence-corrected chi connectivity index (χ0v) is 20.1. The van der Waals surface area contributed by atoms with Gasteiger partial charge < -0.3 is 24.6 Å². The average Bonchev–Trinajstić information content (AvgIpc) is 3.17. The van der Waals surface area contributed by atoms with Gasteiger partial charge in [0.25, 0.3) is 11.7 Å². The van der Waals surface area contributed by atoms with Crippen LogP contribution in [-0.4, -0.2) is 46.5 Å². The Bertz CT molecular complexity index is 1420. The maximum atomic E-state index is 13.4. The fourth-order valence-electron chi connectivity index (χ4n) is 4.87. The van der Waals surface area contributed by atoms with Crippen molar-refractivity contribution in [1.29, 1.82) is 0 Å². The third kappa shape index (κ3) is 4.42. The van der Waals surface area contributed by atoms with Crippen LogP contribution in [0.1, 0.15) is 45.1 Å². The molecule has 2 aliphatic heterocycles. The van der Waals surface area contributed by atoms with Gasteiger partial charge in [0.1, 0.15) is 17.3 Å². The summed E-state index contributed by atoms with van der Waals surface area (Å²) in [6.45, 7) is 0.659. The number of aliphatic hydroxyl groups excluding tert-OH is 1. The number of amides is 1. The highest BCUT2D eigenvalue weighted by atomic mass is 16.5. The van der Waals surface area contributed by atoms with Crippen LogP contribution in [0.15, 0.2) is 72.3 Å². The van der Waals surface area contributed by atoms with Gasteiger partial charge in [-0.1, -0.05) is 30.3 Å². The van der Waals surface area contributed by atoms with E-state index in [1.807, 2.05) is 0 Å². The van der Waals surface area contributed by atoms with Crippen LogP contribution >= 0.6 is 0 Å². The number of para-hydroxylation sites is 1. The summed E-state index contributed by atoms with van der Waals surface area (Å²) >= 11 is 0. The van der Waals surface area contributed by atoms with Crippen molar-refractivity contribution in [2.75, 3.05) is 13.7 Å². The van der Waals surface area contributed by atoms with Crippen LogP contribution in [0, 0.1) is 0 Å². The predicted octanol–water partition coefficient (Wildman–Crippen LogP) is 4.34. The number of carboxylic acid groups (broad SMARTS) is 1. The van der Waals surface area contributed by atoms with Crippen molar-refractivity contribution < 1.29 is 34.1 Å². The van der Waals surface area contributed by atoms with Gasteiger partial charge in [0.2, 0.25) is 0 Å². The summed E-state index contributed by atoms with van der Waals surface area (Å²) in [4.78, 5) is 39.3. The Hall–Kier alpha value is -4.59. The van der Waals surface area contributed by atoms with E-state index in [9.17, 15) is 24.6 Å². The molecule has 0 bridgehead atoms. The minimum atomic E-state index is -1.06. The number of carbonyl (C=O) groups excluding carboxylic acids is 2. The number of hydrogen-bond donors (Lipinski definition) is 2. The molecule has 1 amide bonds. The molecule has 0 radical (unpaired) electrons. The third-order valence-corrected chi connectivity index (χ3v) is 6.71. The lowest BCUT2D eigenvalue weighted by Gasteiger charge is -2.27. The largest absolute Gasteiger partial charge is 0.507 e. The van der Waals surface area contributed by atoms with Crippen LogP contribution < -0.4 is 9.47 Å². The van der Waals surface area contributed by atoms with Gasteiger partial charge >= 0.3 is 5.97 Å².